The van der Waals surface area contributed by atoms with Crippen molar-refractivity contribution in [3.05, 3.63) is 70.4 Å². The van der Waals surface area contributed by atoms with Gasteiger partial charge in [0.05, 0.1) is 38.0 Å². The van der Waals surface area contributed by atoms with Gasteiger partial charge in [-0.1, -0.05) is 32.0 Å². The lowest BCUT2D eigenvalue weighted by molar-refractivity contribution is -0.140. The van der Waals surface area contributed by atoms with Crippen molar-refractivity contribution in [3.8, 4) is 11.5 Å². The van der Waals surface area contributed by atoms with E-state index in [4.69, 9.17) is 31.2 Å². The van der Waals surface area contributed by atoms with Crippen molar-refractivity contribution in [3.63, 3.8) is 0 Å². The van der Waals surface area contributed by atoms with Gasteiger partial charge in [-0.25, -0.2) is 9.59 Å². The summed E-state index contributed by atoms with van der Waals surface area (Å²) in [5.41, 5.74) is 3.22. The van der Waals surface area contributed by atoms with Gasteiger partial charge < -0.3 is 29.6 Å². The summed E-state index contributed by atoms with van der Waals surface area (Å²) >= 11 is 5.33. The molecular weight excluding hydrogens is 468 g/mol. The molecule has 2 N–H and O–H groups in total. The Morgan fingerprint density at radius 1 is 1.03 bits per heavy atom. The van der Waals surface area contributed by atoms with Crippen LogP contribution in [0.4, 0.5) is 0 Å². The van der Waals surface area contributed by atoms with Crippen LogP contribution in [-0.4, -0.2) is 37.9 Å². The summed E-state index contributed by atoms with van der Waals surface area (Å²) in [6.07, 6.45) is 0. The molecule has 0 aromatic heterocycles. The van der Waals surface area contributed by atoms with Crippen LogP contribution in [0.25, 0.3) is 0 Å². The highest BCUT2D eigenvalue weighted by molar-refractivity contribution is 7.80. The van der Waals surface area contributed by atoms with Gasteiger partial charge in [-0.3, -0.25) is 0 Å². The highest BCUT2D eigenvalue weighted by Crippen LogP contribution is 2.35. The van der Waals surface area contributed by atoms with Crippen LogP contribution in [0, 0.1) is 5.92 Å². The molecule has 2 aromatic rings. The van der Waals surface area contributed by atoms with Gasteiger partial charge in [-0.15, -0.1) is 0 Å². The SMILES string of the molecule is COC(=O)c1ccc(COc2ccc([C@H]3NC(=S)NC(C)=C3C(=O)OCC(C)C)cc2OC)cc1. The second kappa shape index (κ2) is 11.7. The van der Waals surface area contributed by atoms with Crippen molar-refractivity contribution in [2.45, 2.75) is 33.4 Å². The maximum atomic E-state index is 12.9. The van der Waals surface area contributed by atoms with Gasteiger partial charge in [0.1, 0.15) is 6.61 Å². The quantitative estimate of drug-likeness (QED) is 0.392. The third kappa shape index (κ3) is 6.51. The first-order valence-electron chi connectivity index (χ1n) is 11.2. The fourth-order valence-corrected chi connectivity index (χ4v) is 3.80. The van der Waals surface area contributed by atoms with E-state index in [0.29, 0.717) is 40.1 Å². The molecule has 1 heterocycles. The largest absolute Gasteiger partial charge is 0.493 e. The Morgan fingerprint density at radius 3 is 2.37 bits per heavy atom. The number of allylic oxidation sites excluding steroid dienone is 1. The molecule has 8 nitrogen and oxygen atoms in total. The minimum Gasteiger partial charge on any atom is -0.493 e. The summed E-state index contributed by atoms with van der Waals surface area (Å²) in [5, 5.41) is 6.58. The van der Waals surface area contributed by atoms with Crippen molar-refractivity contribution >= 4 is 29.3 Å². The van der Waals surface area contributed by atoms with E-state index in [9.17, 15) is 9.59 Å². The molecule has 0 fully saturated rings. The van der Waals surface area contributed by atoms with Crippen LogP contribution in [0.15, 0.2) is 53.7 Å². The van der Waals surface area contributed by atoms with E-state index in [1.165, 1.54) is 7.11 Å². The summed E-state index contributed by atoms with van der Waals surface area (Å²) < 4.78 is 21.7. The summed E-state index contributed by atoms with van der Waals surface area (Å²) in [4.78, 5) is 24.5. The van der Waals surface area contributed by atoms with Gasteiger partial charge in [-0.05, 0) is 60.5 Å². The second-order valence-electron chi connectivity index (χ2n) is 8.45. The van der Waals surface area contributed by atoms with Crippen LogP contribution in [0.2, 0.25) is 0 Å². The van der Waals surface area contributed by atoms with E-state index >= 15 is 0 Å². The molecule has 1 aliphatic heterocycles. The van der Waals surface area contributed by atoms with E-state index in [-0.39, 0.29) is 12.5 Å². The lowest BCUT2D eigenvalue weighted by atomic mass is 9.95. The summed E-state index contributed by atoms with van der Waals surface area (Å²) in [7, 11) is 2.90. The molecule has 1 aliphatic rings. The highest BCUT2D eigenvalue weighted by Gasteiger charge is 2.31. The molecular formula is C26H30N2O6S. The summed E-state index contributed by atoms with van der Waals surface area (Å²) in [6, 6.07) is 11.9. The van der Waals surface area contributed by atoms with Crippen LogP contribution in [0.1, 0.15) is 48.3 Å². The first-order valence-corrected chi connectivity index (χ1v) is 11.6. The molecule has 0 bridgehead atoms. The Kier molecular flexibility index (Phi) is 8.70. The zero-order valence-electron chi connectivity index (χ0n) is 20.5. The standard InChI is InChI=1S/C26H30N2O6S/c1-15(2)13-34-25(30)22-16(3)27-26(35)28-23(22)19-10-11-20(21(12-19)31-4)33-14-17-6-8-18(9-7-17)24(29)32-5/h6-12,15,23H,13-14H2,1-5H3,(H2,27,28,35)/t23-/m1/s1. The molecule has 0 spiro atoms. The highest BCUT2D eigenvalue weighted by atomic mass is 32.1. The first kappa shape index (κ1) is 26.0. The number of esters is 2. The first-order chi connectivity index (χ1) is 16.7. The molecule has 3 rings (SSSR count). The maximum absolute atomic E-state index is 12.9. The number of nitrogens with one attached hydrogen (secondary N) is 2. The topological polar surface area (TPSA) is 95.1 Å². The van der Waals surface area contributed by atoms with Crippen molar-refractivity contribution in [1.29, 1.82) is 0 Å². The number of hydrogen-bond acceptors (Lipinski definition) is 7. The number of benzene rings is 2. The number of carbonyl (C=O) groups is 2. The van der Waals surface area contributed by atoms with E-state index in [1.54, 1.807) is 44.4 Å². The Morgan fingerprint density at radius 2 is 1.74 bits per heavy atom. The van der Waals surface area contributed by atoms with Crippen LogP contribution in [-0.2, 0) is 20.9 Å². The fraction of sp³-hybridized carbons (Fsp3) is 0.346. The third-order valence-electron chi connectivity index (χ3n) is 5.33. The van der Waals surface area contributed by atoms with Crippen LogP contribution < -0.4 is 20.1 Å². The van der Waals surface area contributed by atoms with Crippen molar-refractivity contribution in [1.82, 2.24) is 10.6 Å². The van der Waals surface area contributed by atoms with Crippen LogP contribution in [0.5, 0.6) is 11.5 Å². The second-order valence-corrected chi connectivity index (χ2v) is 8.86. The zero-order valence-corrected chi connectivity index (χ0v) is 21.3. The lowest BCUT2D eigenvalue weighted by Crippen LogP contribution is -2.45. The molecule has 35 heavy (non-hydrogen) atoms. The minimum absolute atomic E-state index is 0.220. The van der Waals surface area contributed by atoms with Gasteiger partial charge in [0.2, 0.25) is 0 Å². The molecule has 0 saturated heterocycles. The predicted molar refractivity (Wildman–Crippen MR) is 135 cm³/mol. The predicted octanol–water partition coefficient (Wildman–Crippen LogP) is 4.05. The van der Waals surface area contributed by atoms with Crippen molar-refractivity contribution in [2.24, 2.45) is 5.92 Å². The molecule has 0 amide bonds. The van der Waals surface area contributed by atoms with E-state index in [1.807, 2.05) is 26.0 Å². The van der Waals surface area contributed by atoms with Crippen molar-refractivity contribution in [2.75, 3.05) is 20.8 Å². The molecule has 1 atom stereocenters. The third-order valence-corrected chi connectivity index (χ3v) is 5.55. The van der Waals surface area contributed by atoms with Gasteiger partial charge in [0.15, 0.2) is 16.6 Å². The van der Waals surface area contributed by atoms with Crippen LogP contribution in [0.3, 0.4) is 0 Å². The maximum Gasteiger partial charge on any atom is 0.338 e. The average molecular weight is 499 g/mol. The lowest BCUT2D eigenvalue weighted by Gasteiger charge is -2.30. The fourth-order valence-electron chi connectivity index (χ4n) is 3.53. The van der Waals surface area contributed by atoms with Gasteiger partial charge >= 0.3 is 11.9 Å². The van der Waals surface area contributed by atoms with E-state index in [2.05, 4.69) is 10.6 Å². The Bertz CT molecular complexity index is 1130. The minimum atomic E-state index is -0.503. The van der Waals surface area contributed by atoms with Gasteiger partial charge in [0, 0.05) is 5.70 Å². The molecule has 2 aromatic carbocycles. The van der Waals surface area contributed by atoms with E-state index < -0.39 is 18.0 Å². The number of methoxy groups -OCH3 is 2. The number of carbonyl (C=O) groups excluding carboxylic acids is 2. The molecule has 0 unspecified atom stereocenters. The van der Waals surface area contributed by atoms with Crippen molar-refractivity contribution < 1.29 is 28.5 Å². The molecule has 0 saturated carbocycles. The Balaban J connectivity index is 1.80. The van der Waals surface area contributed by atoms with E-state index in [0.717, 1.165) is 11.1 Å². The summed E-state index contributed by atoms with van der Waals surface area (Å²) in [6.45, 7) is 6.36. The molecule has 0 radical (unpaired) electrons. The van der Waals surface area contributed by atoms with Crippen LogP contribution >= 0.6 is 12.2 Å². The Hall–Kier alpha value is -3.59. The van der Waals surface area contributed by atoms with Gasteiger partial charge in [-0.2, -0.15) is 0 Å². The van der Waals surface area contributed by atoms with Gasteiger partial charge in [0.25, 0.3) is 0 Å². The number of hydrogen-bond donors (Lipinski definition) is 2. The molecule has 0 aliphatic carbocycles. The number of rotatable bonds is 9. The molecule has 9 heteroatoms. The monoisotopic (exact) mass is 498 g/mol. The Labute approximate surface area is 210 Å². The smallest absolute Gasteiger partial charge is 0.338 e. The number of ether oxygens (including phenoxy) is 4. The normalized spacial score (nSPS) is 15.3. The zero-order chi connectivity index (χ0) is 25.5. The molecule has 186 valence electrons. The average Bonchev–Trinajstić information content (AvgIpc) is 2.85. The number of thiocarbonyl (C=S) groups is 1. The summed E-state index contributed by atoms with van der Waals surface area (Å²) in [5.74, 6) is 0.467.